The molecule has 0 fully saturated rings. The first-order valence-electron chi connectivity index (χ1n) is 6.40. The maximum Gasteiger partial charge on any atom is 0.242 e. The van der Waals surface area contributed by atoms with Crippen LogP contribution in [0.4, 0.5) is 0 Å². The van der Waals surface area contributed by atoms with Crippen molar-refractivity contribution in [2.24, 2.45) is 5.73 Å². The molecule has 0 saturated heterocycles. The third-order valence-electron chi connectivity index (χ3n) is 2.90. The second-order valence-electron chi connectivity index (χ2n) is 4.72. The van der Waals surface area contributed by atoms with Crippen LogP contribution < -0.4 is 10.5 Å². The normalized spacial score (nSPS) is 13.3. The van der Waals surface area contributed by atoms with Crippen LogP contribution in [-0.4, -0.2) is 24.2 Å². The van der Waals surface area contributed by atoms with Gasteiger partial charge in [0.05, 0.1) is 11.6 Å². The molecule has 0 aliphatic carbocycles. The van der Waals surface area contributed by atoms with Crippen molar-refractivity contribution in [2.75, 3.05) is 0 Å². The molecule has 1 aromatic carbocycles. The minimum Gasteiger partial charge on any atom is -0.326 e. The molecule has 0 aliphatic rings. The summed E-state index contributed by atoms with van der Waals surface area (Å²) < 4.78 is 28.9. The zero-order valence-electron chi connectivity index (χ0n) is 11.5. The monoisotopic (exact) mass is 328 g/mol. The highest BCUT2D eigenvalue weighted by Gasteiger charge is 2.20. The van der Waals surface area contributed by atoms with Crippen molar-refractivity contribution in [3.05, 3.63) is 47.2 Å². The molecular weight excluding hydrogens is 312 g/mol. The average molecular weight is 329 g/mol. The van der Waals surface area contributed by atoms with Crippen molar-refractivity contribution in [3.8, 4) is 0 Å². The van der Waals surface area contributed by atoms with Gasteiger partial charge in [0.15, 0.2) is 0 Å². The van der Waals surface area contributed by atoms with E-state index in [0.717, 1.165) is 5.56 Å². The fourth-order valence-electron chi connectivity index (χ4n) is 1.94. The zero-order valence-corrected chi connectivity index (χ0v) is 13.1. The van der Waals surface area contributed by atoms with Crippen LogP contribution in [0, 0.1) is 0 Å². The van der Waals surface area contributed by atoms with Gasteiger partial charge in [-0.25, -0.2) is 13.1 Å². The Morgan fingerprint density at radius 2 is 2.24 bits per heavy atom. The topological polar surface area (TPSA) is 90.0 Å². The van der Waals surface area contributed by atoms with E-state index in [1.54, 1.807) is 42.2 Å². The lowest BCUT2D eigenvalue weighted by molar-refractivity contribution is 0.494. The maximum atomic E-state index is 12.3. The minimum absolute atomic E-state index is 0.0497. The molecule has 0 amide bonds. The second kappa shape index (κ2) is 6.57. The summed E-state index contributed by atoms with van der Waals surface area (Å²) in [5.41, 5.74) is 6.28. The van der Waals surface area contributed by atoms with Crippen molar-refractivity contribution in [1.82, 2.24) is 14.5 Å². The Hall–Kier alpha value is -1.41. The van der Waals surface area contributed by atoms with Gasteiger partial charge in [-0.15, -0.1) is 0 Å². The first-order valence-corrected chi connectivity index (χ1v) is 8.27. The van der Waals surface area contributed by atoms with Crippen LogP contribution in [0.15, 0.2) is 41.6 Å². The van der Waals surface area contributed by atoms with Crippen LogP contribution in [0.3, 0.4) is 0 Å². The van der Waals surface area contributed by atoms with E-state index in [2.05, 4.69) is 9.82 Å². The molecule has 2 aromatic rings. The number of benzene rings is 1. The highest BCUT2D eigenvalue weighted by Crippen LogP contribution is 2.22. The molecule has 0 bridgehead atoms. The fourth-order valence-corrected chi connectivity index (χ4v) is 3.75. The quantitative estimate of drug-likeness (QED) is 0.837. The predicted octanol–water partition coefficient (Wildman–Crippen LogP) is 1.36. The summed E-state index contributed by atoms with van der Waals surface area (Å²) in [6.07, 6.45) is 3.41. The summed E-state index contributed by atoms with van der Waals surface area (Å²) in [6, 6.07) is 6.14. The van der Waals surface area contributed by atoms with Crippen molar-refractivity contribution in [3.63, 3.8) is 0 Å². The standard InChI is InChI=1S/C13H17ClN4O2S/c1-10(9-18-6-2-5-16-18)17-21(19,20)13-4-3-11(8-15)7-12(13)14/h2-7,10,17H,8-9,15H2,1H3. The molecule has 3 N–H and O–H groups in total. The Kier molecular flexibility index (Phi) is 5.00. The Morgan fingerprint density at radius 3 is 2.81 bits per heavy atom. The first-order chi connectivity index (χ1) is 9.92. The van der Waals surface area contributed by atoms with E-state index in [1.807, 2.05) is 0 Å². The molecule has 2 rings (SSSR count). The molecule has 6 nitrogen and oxygen atoms in total. The largest absolute Gasteiger partial charge is 0.326 e. The summed E-state index contributed by atoms with van der Waals surface area (Å²) in [5, 5.41) is 4.20. The molecule has 21 heavy (non-hydrogen) atoms. The molecule has 1 atom stereocenters. The summed E-state index contributed by atoms with van der Waals surface area (Å²) in [5.74, 6) is 0. The molecule has 0 aliphatic heterocycles. The third kappa shape index (κ3) is 4.04. The van der Waals surface area contributed by atoms with Gasteiger partial charge in [-0.05, 0) is 30.7 Å². The van der Waals surface area contributed by atoms with Gasteiger partial charge < -0.3 is 5.73 Å². The van der Waals surface area contributed by atoms with Crippen molar-refractivity contribution in [2.45, 2.75) is 31.0 Å². The molecule has 0 radical (unpaired) electrons. The van der Waals surface area contributed by atoms with E-state index < -0.39 is 10.0 Å². The maximum absolute atomic E-state index is 12.3. The van der Waals surface area contributed by atoms with Gasteiger partial charge in [-0.2, -0.15) is 5.10 Å². The summed E-state index contributed by atoms with van der Waals surface area (Å²) in [7, 11) is -3.68. The van der Waals surface area contributed by atoms with Crippen molar-refractivity contribution < 1.29 is 8.42 Å². The Balaban J connectivity index is 2.14. The van der Waals surface area contributed by atoms with Crippen LogP contribution in [0.5, 0.6) is 0 Å². The lowest BCUT2D eigenvalue weighted by Gasteiger charge is -2.15. The van der Waals surface area contributed by atoms with E-state index in [-0.39, 0.29) is 16.0 Å². The summed E-state index contributed by atoms with van der Waals surface area (Å²) in [4.78, 5) is 0.0497. The van der Waals surface area contributed by atoms with Crippen LogP contribution in [0.2, 0.25) is 5.02 Å². The molecule has 0 spiro atoms. The SMILES string of the molecule is CC(Cn1cccn1)NS(=O)(=O)c1ccc(CN)cc1Cl. The molecule has 0 saturated carbocycles. The van der Waals surface area contributed by atoms with E-state index in [0.29, 0.717) is 13.1 Å². The van der Waals surface area contributed by atoms with Crippen LogP contribution >= 0.6 is 11.6 Å². The highest BCUT2D eigenvalue weighted by molar-refractivity contribution is 7.89. The third-order valence-corrected chi connectivity index (χ3v) is 4.97. The van der Waals surface area contributed by atoms with Crippen molar-refractivity contribution in [1.29, 1.82) is 0 Å². The van der Waals surface area contributed by atoms with Gasteiger partial charge in [-0.1, -0.05) is 17.7 Å². The first kappa shape index (κ1) is 16.0. The molecule has 1 unspecified atom stereocenters. The van der Waals surface area contributed by atoms with Gasteiger partial charge in [0.1, 0.15) is 4.90 Å². The Labute approximate surface area is 129 Å². The van der Waals surface area contributed by atoms with Gasteiger partial charge in [0.2, 0.25) is 10.0 Å². The number of nitrogens with two attached hydrogens (primary N) is 1. The number of sulfonamides is 1. The number of aromatic nitrogens is 2. The molecule has 8 heteroatoms. The Bertz CT molecular complexity index is 701. The second-order valence-corrected chi connectivity index (χ2v) is 6.81. The lowest BCUT2D eigenvalue weighted by Crippen LogP contribution is -2.35. The predicted molar refractivity (Wildman–Crippen MR) is 81.4 cm³/mol. The summed E-state index contributed by atoms with van der Waals surface area (Å²) >= 11 is 6.03. The number of nitrogens with one attached hydrogen (secondary N) is 1. The van der Waals surface area contributed by atoms with E-state index in [1.165, 1.54) is 6.07 Å². The molecule has 114 valence electrons. The van der Waals surface area contributed by atoms with E-state index in [4.69, 9.17) is 17.3 Å². The number of nitrogens with zero attached hydrogens (tertiary/aromatic N) is 2. The van der Waals surface area contributed by atoms with Crippen LogP contribution in [-0.2, 0) is 23.1 Å². The average Bonchev–Trinajstić information content (AvgIpc) is 2.90. The van der Waals surface area contributed by atoms with E-state index in [9.17, 15) is 8.42 Å². The molecule has 1 aromatic heterocycles. The highest BCUT2D eigenvalue weighted by atomic mass is 35.5. The van der Waals surface area contributed by atoms with Gasteiger partial charge >= 0.3 is 0 Å². The minimum atomic E-state index is -3.68. The number of halogens is 1. The lowest BCUT2D eigenvalue weighted by atomic mass is 10.2. The van der Waals surface area contributed by atoms with Gasteiger partial charge in [0.25, 0.3) is 0 Å². The van der Waals surface area contributed by atoms with Crippen LogP contribution in [0.1, 0.15) is 12.5 Å². The zero-order chi connectivity index (χ0) is 15.5. The smallest absolute Gasteiger partial charge is 0.242 e. The summed E-state index contributed by atoms with van der Waals surface area (Å²) in [6.45, 7) is 2.51. The molecular formula is C13H17ClN4O2S. The fraction of sp³-hybridized carbons (Fsp3) is 0.308. The van der Waals surface area contributed by atoms with Crippen LogP contribution in [0.25, 0.3) is 0 Å². The number of hydrogen-bond acceptors (Lipinski definition) is 4. The van der Waals surface area contributed by atoms with Gasteiger partial charge in [0, 0.05) is 25.0 Å². The van der Waals surface area contributed by atoms with Crippen molar-refractivity contribution >= 4 is 21.6 Å². The number of hydrogen-bond donors (Lipinski definition) is 2. The Morgan fingerprint density at radius 1 is 1.48 bits per heavy atom. The van der Waals surface area contributed by atoms with E-state index >= 15 is 0 Å². The van der Waals surface area contributed by atoms with Gasteiger partial charge in [-0.3, -0.25) is 4.68 Å². The molecule has 1 heterocycles. The number of rotatable bonds is 6.